The van der Waals surface area contributed by atoms with Gasteiger partial charge in [-0.05, 0) is 40.5 Å². The van der Waals surface area contributed by atoms with Crippen LogP contribution in [0.4, 0.5) is 8.78 Å². The van der Waals surface area contributed by atoms with Crippen LogP contribution in [0.25, 0.3) is 10.1 Å². The molecule has 3 heterocycles. The first-order chi connectivity index (χ1) is 13.6. The normalized spacial score (nSPS) is 14.4. The lowest BCUT2D eigenvalue weighted by molar-refractivity contribution is 0.0595. The molecule has 0 saturated heterocycles. The molecule has 13 heteroatoms. The Kier molecular flexibility index (Phi) is 5.11. The number of nitrogens with one attached hydrogen (secondary N) is 1. The smallest absolute Gasteiger partial charge is 0.345 e. The molecule has 0 aliphatic carbocycles. The van der Waals surface area contributed by atoms with Crippen LogP contribution in [0.3, 0.4) is 0 Å². The van der Waals surface area contributed by atoms with Crippen LogP contribution < -0.4 is 5.32 Å². The summed E-state index contributed by atoms with van der Waals surface area (Å²) in [4.78, 5) is 29.7. The number of halogens is 3. The number of carbonyl (C=O) groups is 1. The van der Waals surface area contributed by atoms with E-state index in [1.807, 2.05) is 4.57 Å². The van der Waals surface area contributed by atoms with Crippen LogP contribution in [0.5, 0.6) is 0 Å². The fourth-order valence-corrected chi connectivity index (χ4v) is 6.06. The van der Waals surface area contributed by atoms with E-state index in [0.29, 0.717) is 21.9 Å². The summed E-state index contributed by atoms with van der Waals surface area (Å²) in [5.74, 6) is 1.10. The first-order valence-electron chi connectivity index (χ1n) is 8.44. The van der Waals surface area contributed by atoms with Crippen LogP contribution in [0.2, 0.25) is 0 Å². The number of alkyl halides is 2. The molecule has 0 atom stereocenters. The lowest BCUT2D eigenvalue weighted by atomic mass is 10.1. The fraction of sp³-hybridized carbons (Fsp3) is 0.312. The van der Waals surface area contributed by atoms with Crippen LogP contribution in [-0.2, 0) is 29.7 Å². The molecule has 0 radical (unpaired) electrons. The SMILES string of the molecule is O=C(NCc1nnc2n1CCC2)c1ccc2sc(C(F)(F)P(=O)(O)O)c(Br)c2c1. The van der Waals surface area contributed by atoms with Crippen molar-refractivity contribution in [2.45, 2.75) is 31.6 Å². The molecule has 2 aromatic heterocycles. The Balaban J connectivity index is 1.59. The van der Waals surface area contributed by atoms with Crippen molar-refractivity contribution in [1.82, 2.24) is 20.1 Å². The minimum atomic E-state index is -5.70. The number of nitrogens with zero attached hydrogens (tertiary/aromatic N) is 3. The van der Waals surface area contributed by atoms with Gasteiger partial charge in [-0.2, -0.15) is 8.78 Å². The number of benzene rings is 1. The van der Waals surface area contributed by atoms with Gasteiger partial charge in [0.15, 0.2) is 5.82 Å². The first-order valence-corrected chi connectivity index (χ1v) is 11.7. The van der Waals surface area contributed by atoms with Crippen molar-refractivity contribution in [3.63, 3.8) is 0 Å². The van der Waals surface area contributed by atoms with Gasteiger partial charge >= 0.3 is 13.3 Å². The molecule has 0 saturated carbocycles. The van der Waals surface area contributed by atoms with E-state index in [9.17, 15) is 18.1 Å². The molecule has 1 aliphatic rings. The van der Waals surface area contributed by atoms with Gasteiger partial charge in [-0.1, -0.05) is 0 Å². The molecular weight excluding hydrogens is 493 g/mol. The van der Waals surface area contributed by atoms with Crippen LogP contribution >= 0.6 is 34.9 Å². The van der Waals surface area contributed by atoms with E-state index >= 15 is 0 Å². The zero-order valence-corrected chi connectivity index (χ0v) is 17.9. The van der Waals surface area contributed by atoms with Crippen LogP contribution in [-0.4, -0.2) is 30.5 Å². The molecule has 0 unspecified atom stereocenters. The van der Waals surface area contributed by atoms with Gasteiger partial charge in [0.25, 0.3) is 5.91 Å². The number of fused-ring (bicyclic) bond motifs is 2. The van der Waals surface area contributed by atoms with Crippen molar-refractivity contribution in [3.8, 4) is 0 Å². The highest BCUT2D eigenvalue weighted by Gasteiger charge is 2.53. The second-order valence-electron chi connectivity index (χ2n) is 6.51. The maximum absolute atomic E-state index is 14.1. The maximum atomic E-state index is 14.1. The number of carbonyl (C=O) groups excluding carboxylic acids is 1. The number of aromatic nitrogens is 3. The van der Waals surface area contributed by atoms with Crippen molar-refractivity contribution in [1.29, 1.82) is 0 Å². The van der Waals surface area contributed by atoms with Crippen molar-refractivity contribution >= 4 is 50.9 Å². The minimum Gasteiger partial charge on any atom is -0.345 e. The van der Waals surface area contributed by atoms with Crippen molar-refractivity contribution < 1.29 is 27.9 Å². The lowest BCUT2D eigenvalue weighted by Crippen LogP contribution is -2.24. The summed E-state index contributed by atoms with van der Waals surface area (Å²) in [6, 6.07) is 4.33. The summed E-state index contributed by atoms with van der Waals surface area (Å²) in [5, 5.41) is 11.1. The molecule has 3 N–H and O–H groups in total. The third kappa shape index (κ3) is 3.53. The Hall–Kier alpha value is -1.72. The van der Waals surface area contributed by atoms with E-state index in [1.54, 1.807) is 0 Å². The molecule has 4 rings (SSSR count). The predicted octanol–water partition coefficient (Wildman–Crippen LogP) is 3.36. The van der Waals surface area contributed by atoms with E-state index in [4.69, 9.17) is 9.79 Å². The number of aryl methyl sites for hydroxylation is 1. The number of rotatable bonds is 5. The van der Waals surface area contributed by atoms with Crippen LogP contribution in [0, 0.1) is 0 Å². The molecule has 29 heavy (non-hydrogen) atoms. The van der Waals surface area contributed by atoms with Gasteiger partial charge in [0.05, 0.1) is 6.54 Å². The zero-order valence-electron chi connectivity index (χ0n) is 14.6. The van der Waals surface area contributed by atoms with E-state index in [0.717, 1.165) is 25.2 Å². The number of hydrogen-bond donors (Lipinski definition) is 3. The van der Waals surface area contributed by atoms with Crippen molar-refractivity contribution in [3.05, 3.63) is 44.8 Å². The van der Waals surface area contributed by atoms with Gasteiger partial charge in [0, 0.05) is 33.1 Å². The average Bonchev–Trinajstić information content (AvgIpc) is 3.34. The summed E-state index contributed by atoms with van der Waals surface area (Å²) in [6.07, 6.45) is 1.83. The number of amides is 1. The van der Waals surface area contributed by atoms with E-state index < -0.39 is 24.0 Å². The van der Waals surface area contributed by atoms with Gasteiger partial charge in [0.2, 0.25) is 0 Å². The number of thiophene rings is 1. The summed E-state index contributed by atoms with van der Waals surface area (Å²) in [6.45, 7) is 0.980. The van der Waals surface area contributed by atoms with Gasteiger partial charge in [-0.15, -0.1) is 21.5 Å². The summed E-state index contributed by atoms with van der Waals surface area (Å²) < 4.78 is 41.6. The monoisotopic (exact) mass is 506 g/mol. The van der Waals surface area contributed by atoms with Crippen molar-refractivity contribution in [2.75, 3.05) is 0 Å². The first kappa shape index (κ1) is 20.5. The molecule has 1 aliphatic heterocycles. The molecule has 0 bridgehead atoms. The number of hydrogen-bond acceptors (Lipinski definition) is 5. The topological polar surface area (TPSA) is 117 Å². The molecule has 154 valence electrons. The molecule has 3 aromatic rings. The average molecular weight is 507 g/mol. The lowest BCUT2D eigenvalue weighted by Gasteiger charge is -2.16. The van der Waals surface area contributed by atoms with Gasteiger partial charge < -0.3 is 19.7 Å². The summed E-state index contributed by atoms with van der Waals surface area (Å²) >= 11 is 3.56. The zero-order chi connectivity index (χ0) is 21.0. The summed E-state index contributed by atoms with van der Waals surface area (Å²) in [5.41, 5.74) is -4.10. The Morgan fingerprint density at radius 3 is 2.86 bits per heavy atom. The Bertz CT molecular complexity index is 1180. The van der Waals surface area contributed by atoms with E-state index in [2.05, 4.69) is 31.4 Å². The fourth-order valence-electron chi connectivity index (χ4n) is 3.14. The Morgan fingerprint density at radius 2 is 2.14 bits per heavy atom. The largest absolute Gasteiger partial charge is 0.400 e. The third-order valence-corrected chi connectivity index (χ3v) is 8.05. The second kappa shape index (κ2) is 7.21. The third-order valence-electron chi connectivity index (χ3n) is 4.62. The highest BCUT2D eigenvalue weighted by atomic mass is 79.9. The quantitative estimate of drug-likeness (QED) is 0.456. The highest BCUT2D eigenvalue weighted by Crippen LogP contribution is 2.62. The van der Waals surface area contributed by atoms with Crippen LogP contribution in [0.15, 0.2) is 22.7 Å². The maximum Gasteiger partial charge on any atom is 0.400 e. The van der Waals surface area contributed by atoms with Crippen molar-refractivity contribution in [2.24, 2.45) is 0 Å². The Morgan fingerprint density at radius 1 is 1.38 bits per heavy atom. The Labute approximate surface area is 175 Å². The predicted molar refractivity (Wildman–Crippen MR) is 105 cm³/mol. The van der Waals surface area contributed by atoms with E-state index in [1.165, 1.54) is 18.2 Å². The molecule has 0 fully saturated rings. The van der Waals surface area contributed by atoms with E-state index in [-0.39, 0.29) is 22.0 Å². The van der Waals surface area contributed by atoms with Gasteiger partial charge in [-0.3, -0.25) is 9.36 Å². The molecule has 8 nitrogen and oxygen atoms in total. The van der Waals surface area contributed by atoms with Crippen LogP contribution in [0.1, 0.15) is 33.3 Å². The molecule has 0 spiro atoms. The van der Waals surface area contributed by atoms with Gasteiger partial charge in [-0.25, -0.2) is 0 Å². The molecule has 1 aromatic carbocycles. The minimum absolute atomic E-state index is 0.143. The highest BCUT2D eigenvalue weighted by molar-refractivity contribution is 9.10. The standard InChI is InChI=1S/C16H14BrF2N4O4PS/c17-13-9-6-8(3-4-10(9)29-14(13)16(18,19)28(25,26)27)15(24)20-7-12-22-21-11-2-1-5-23(11)12/h3-4,6H,1-2,5,7H2,(H,20,24)(H2,25,26,27). The van der Waals surface area contributed by atoms with Gasteiger partial charge in [0.1, 0.15) is 10.7 Å². The molecular formula is C16H14BrF2N4O4PS. The second-order valence-corrected chi connectivity index (χ2v) is 10.0. The summed E-state index contributed by atoms with van der Waals surface area (Å²) in [7, 11) is -5.70. The molecule has 1 amide bonds.